The van der Waals surface area contributed by atoms with Crippen molar-refractivity contribution in [2.45, 2.75) is 83.3 Å². The molecular weight excluding hydrogens is 527 g/mol. The van der Waals surface area contributed by atoms with Crippen molar-refractivity contribution in [2.24, 2.45) is 0 Å². The smallest absolute Gasteiger partial charge is 0.243 e. The molecule has 206 valence electrons. The Morgan fingerprint density at radius 3 is 2.26 bits per heavy atom. The number of amides is 2. The van der Waals surface area contributed by atoms with E-state index in [0.717, 1.165) is 42.4 Å². The van der Waals surface area contributed by atoms with Crippen molar-refractivity contribution in [3.05, 3.63) is 105 Å². The predicted molar refractivity (Wildman–Crippen MR) is 160 cm³/mol. The van der Waals surface area contributed by atoms with E-state index in [4.69, 9.17) is 23.2 Å². The average Bonchev–Trinajstić information content (AvgIpc) is 3.44. The lowest BCUT2D eigenvalue weighted by molar-refractivity contribution is -0.141. The van der Waals surface area contributed by atoms with Crippen molar-refractivity contribution in [3.63, 3.8) is 0 Å². The molecule has 0 radical (unpaired) electrons. The zero-order valence-corrected chi connectivity index (χ0v) is 24.3. The van der Waals surface area contributed by atoms with Gasteiger partial charge in [0.2, 0.25) is 11.8 Å². The molecule has 1 aliphatic carbocycles. The molecule has 6 heteroatoms. The lowest BCUT2D eigenvalue weighted by Crippen LogP contribution is -2.52. The van der Waals surface area contributed by atoms with Gasteiger partial charge >= 0.3 is 0 Å². The minimum absolute atomic E-state index is 0.0727. The van der Waals surface area contributed by atoms with Crippen LogP contribution in [0, 0.1) is 0 Å². The maximum atomic E-state index is 13.9. The van der Waals surface area contributed by atoms with Crippen LogP contribution in [0.1, 0.15) is 74.1 Å². The van der Waals surface area contributed by atoms with Gasteiger partial charge in [0.15, 0.2) is 0 Å². The van der Waals surface area contributed by atoms with Crippen LogP contribution in [-0.4, -0.2) is 28.8 Å². The first-order valence-corrected chi connectivity index (χ1v) is 14.7. The van der Waals surface area contributed by atoms with Crippen molar-refractivity contribution >= 4 is 35.0 Å². The molecule has 1 aliphatic rings. The summed E-state index contributed by atoms with van der Waals surface area (Å²) < 4.78 is 0. The molecule has 0 spiro atoms. The monoisotopic (exact) mass is 564 g/mol. The van der Waals surface area contributed by atoms with Crippen LogP contribution in [0.25, 0.3) is 0 Å². The average molecular weight is 566 g/mol. The van der Waals surface area contributed by atoms with E-state index in [1.807, 2.05) is 36.4 Å². The van der Waals surface area contributed by atoms with Crippen LogP contribution in [0.2, 0.25) is 10.0 Å². The van der Waals surface area contributed by atoms with Gasteiger partial charge in [0.25, 0.3) is 0 Å². The summed E-state index contributed by atoms with van der Waals surface area (Å²) in [5, 5.41) is 4.27. The second-order valence-corrected chi connectivity index (χ2v) is 11.7. The van der Waals surface area contributed by atoms with Crippen molar-refractivity contribution in [1.82, 2.24) is 10.2 Å². The maximum absolute atomic E-state index is 13.9. The molecule has 4 nitrogen and oxygen atoms in total. The highest BCUT2D eigenvalue weighted by Gasteiger charge is 2.32. The van der Waals surface area contributed by atoms with Crippen molar-refractivity contribution in [3.8, 4) is 0 Å². The van der Waals surface area contributed by atoms with Gasteiger partial charge in [0.05, 0.1) is 0 Å². The summed E-state index contributed by atoms with van der Waals surface area (Å²) in [7, 11) is 0. The maximum Gasteiger partial charge on any atom is 0.243 e. The molecule has 3 aromatic rings. The van der Waals surface area contributed by atoms with Crippen LogP contribution >= 0.6 is 23.2 Å². The van der Waals surface area contributed by atoms with E-state index in [-0.39, 0.29) is 24.4 Å². The third-order valence-electron chi connectivity index (χ3n) is 7.60. The molecule has 1 saturated carbocycles. The van der Waals surface area contributed by atoms with Gasteiger partial charge in [-0.3, -0.25) is 9.59 Å². The number of hydrogen-bond donors (Lipinski definition) is 1. The minimum atomic E-state index is -0.657. The fraction of sp³-hybridized carbons (Fsp3) is 0.394. The largest absolute Gasteiger partial charge is 0.352 e. The first-order chi connectivity index (χ1) is 18.8. The molecule has 1 atom stereocenters. The molecule has 2 amide bonds. The van der Waals surface area contributed by atoms with Gasteiger partial charge in [-0.1, -0.05) is 111 Å². The van der Waals surface area contributed by atoms with E-state index in [1.165, 1.54) is 5.56 Å². The lowest BCUT2D eigenvalue weighted by atomic mass is 9.99. The van der Waals surface area contributed by atoms with Gasteiger partial charge in [-0.25, -0.2) is 0 Å². The number of aryl methyl sites for hydroxylation is 1. The summed E-state index contributed by atoms with van der Waals surface area (Å²) in [6.45, 7) is 4.57. The first-order valence-electron chi connectivity index (χ1n) is 14.0. The SMILES string of the molecule is CC(C)c1ccc(CCC(=O)N(Cc2ccc(Cl)cc2Cl)[C@@H](Cc2ccccc2)C(=O)NC2CCCC2)cc1. The summed E-state index contributed by atoms with van der Waals surface area (Å²) in [5.41, 5.74) is 4.15. The fourth-order valence-corrected chi connectivity index (χ4v) is 5.69. The van der Waals surface area contributed by atoms with E-state index in [9.17, 15) is 9.59 Å². The fourth-order valence-electron chi connectivity index (χ4n) is 5.22. The highest BCUT2D eigenvalue weighted by atomic mass is 35.5. The zero-order valence-electron chi connectivity index (χ0n) is 22.8. The zero-order chi connectivity index (χ0) is 27.8. The number of hydrogen-bond acceptors (Lipinski definition) is 2. The third kappa shape index (κ3) is 8.33. The Bertz CT molecular complexity index is 1240. The van der Waals surface area contributed by atoms with Crippen molar-refractivity contribution in [1.29, 1.82) is 0 Å². The molecule has 0 heterocycles. The Kier molecular flexibility index (Phi) is 10.5. The molecule has 4 rings (SSSR count). The third-order valence-corrected chi connectivity index (χ3v) is 8.19. The number of carbonyl (C=O) groups is 2. The van der Waals surface area contributed by atoms with E-state index in [1.54, 1.807) is 17.0 Å². The molecule has 0 unspecified atom stereocenters. The topological polar surface area (TPSA) is 49.4 Å². The molecule has 39 heavy (non-hydrogen) atoms. The molecule has 3 aromatic carbocycles. The van der Waals surface area contributed by atoms with Crippen LogP contribution in [-0.2, 0) is 29.0 Å². The molecule has 1 fully saturated rings. The van der Waals surface area contributed by atoms with E-state index < -0.39 is 6.04 Å². The Balaban J connectivity index is 1.61. The van der Waals surface area contributed by atoms with Gasteiger partial charge in [0, 0.05) is 35.5 Å². The predicted octanol–water partition coefficient (Wildman–Crippen LogP) is 7.75. The standard InChI is InChI=1S/C33H38Cl2N2O2/c1-23(2)26-15-12-24(13-16-26)14-19-32(38)37(22-27-17-18-28(34)21-30(27)35)31(20-25-8-4-3-5-9-25)33(39)36-29-10-6-7-11-29/h3-5,8-9,12-13,15-18,21,23,29,31H,6-7,10-11,14,19-20,22H2,1-2H3,(H,36,39)/t31-/m0/s1. The van der Waals surface area contributed by atoms with Gasteiger partial charge in [-0.15, -0.1) is 0 Å². The molecule has 0 aliphatic heterocycles. The van der Waals surface area contributed by atoms with Crippen LogP contribution in [0.4, 0.5) is 0 Å². The van der Waals surface area contributed by atoms with Gasteiger partial charge in [-0.05, 0) is 59.6 Å². The number of nitrogens with zero attached hydrogens (tertiary/aromatic N) is 1. The highest BCUT2D eigenvalue weighted by Crippen LogP contribution is 2.26. The van der Waals surface area contributed by atoms with E-state index in [2.05, 4.69) is 43.4 Å². The van der Waals surface area contributed by atoms with Gasteiger partial charge < -0.3 is 10.2 Å². The van der Waals surface area contributed by atoms with Crippen LogP contribution in [0.3, 0.4) is 0 Å². The minimum Gasteiger partial charge on any atom is -0.352 e. The number of benzene rings is 3. The summed E-state index contributed by atoms with van der Waals surface area (Å²) in [6, 6.07) is 23.1. The Labute approximate surface area is 242 Å². The van der Waals surface area contributed by atoms with E-state index >= 15 is 0 Å². The summed E-state index contributed by atoms with van der Waals surface area (Å²) >= 11 is 12.7. The van der Waals surface area contributed by atoms with Crippen LogP contribution < -0.4 is 5.32 Å². The number of rotatable bonds is 11. The normalized spacial score (nSPS) is 14.4. The molecule has 1 N–H and O–H groups in total. The molecular formula is C33H38Cl2N2O2. The lowest BCUT2D eigenvalue weighted by Gasteiger charge is -2.32. The Morgan fingerprint density at radius 1 is 0.923 bits per heavy atom. The van der Waals surface area contributed by atoms with Crippen molar-refractivity contribution < 1.29 is 9.59 Å². The summed E-state index contributed by atoms with van der Waals surface area (Å²) in [5.74, 6) is 0.277. The molecule has 0 saturated heterocycles. The van der Waals surface area contributed by atoms with Crippen molar-refractivity contribution in [2.75, 3.05) is 0 Å². The number of carbonyl (C=O) groups excluding carboxylic acids is 2. The molecule has 0 aromatic heterocycles. The Morgan fingerprint density at radius 2 is 1.62 bits per heavy atom. The van der Waals surface area contributed by atoms with E-state index in [0.29, 0.717) is 35.2 Å². The quantitative estimate of drug-likeness (QED) is 0.259. The Hall–Kier alpha value is -2.82. The number of nitrogens with one attached hydrogen (secondary N) is 1. The second kappa shape index (κ2) is 14.0. The molecule has 0 bridgehead atoms. The van der Waals surface area contributed by atoms with Crippen LogP contribution in [0.15, 0.2) is 72.8 Å². The number of halogens is 2. The summed E-state index contributed by atoms with van der Waals surface area (Å²) in [6.07, 6.45) is 5.53. The van der Waals surface area contributed by atoms with Gasteiger partial charge in [-0.2, -0.15) is 0 Å². The van der Waals surface area contributed by atoms with Gasteiger partial charge in [0.1, 0.15) is 6.04 Å². The highest BCUT2D eigenvalue weighted by molar-refractivity contribution is 6.35. The second-order valence-electron chi connectivity index (χ2n) is 10.8. The first kappa shape index (κ1) is 29.2. The summed E-state index contributed by atoms with van der Waals surface area (Å²) in [4.78, 5) is 29.4. The van der Waals surface area contributed by atoms with Crippen LogP contribution in [0.5, 0.6) is 0 Å².